The molecule has 1 aliphatic rings. The molecule has 0 spiro atoms. The van der Waals surface area contributed by atoms with E-state index in [0.29, 0.717) is 12.8 Å². The third-order valence-electron chi connectivity index (χ3n) is 5.43. The van der Waals surface area contributed by atoms with Gasteiger partial charge in [0, 0.05) is 18.2 Å². The molecule has 2 rings (SSSR count). The first-order valence-corrected chi connectivity index (χ1v) is 11.3. The zero-order valence-corrected chi connectivity index (χ0v) is 15.9. The summed E-state index contributed by atoms with van der Waals surface area (Å²) in [6, 6.07) is 1.27. The third kappa shape index (κ3) is 3.56. The maximum atomic E-state index is 12.1. The summed E-state index contributed by atoms with van der Waals surface area (Å²) in [5.41, 5.74) is -1.03. The first-order chi connectivity index (χ1) is 11.0. The van der Waals surface area contributed by atoms with E-state index in [2.05, 4.69) is 4.98 Å². The number of hydrogen-bond acceptors (Lipinski definition) is 5. The van der Waals surface area contributed by atoms with Gasteiger partial charge in [0.05, 0.1) is 12.2 Å². The predicted octanol–water partition coefficient (Wildman–Crippen LogP) is 1.19. The minimum atomic E-state index is -2.48. The molecular formula is C16H28N2O5Si. The Balaban J connectivity index is 2.41. The van der Waals surface area contributed by atoms with E-state index in [9.17, 15) is 19.5 Å². The molecule has 1 saturated heterocycles. The Kier molecular flexibility index (Phi) is 5.24. The number of nitrogens with one attached hydrogen (secondary N) is 1. The van der Waals surface area contributed by atoms with Crippen LogP contribution in [0.2, 0.25) is 18.1 Å². The molecule has 0 radical (unpaired) electrons. The molecule has 1 aromatic rings. The van der Waals surface area contributed by atoms with Crippen molar-refractivity contribution in [3.05, 3.63) is 33.1 Å². The molecule has 0 amide bonds. The molecule has 0 aromatic carbocycles. The molecule has 0 saturated carbocycles. The molecule has 1 fully saturated rings. The number of H-pyrrole nitrogens is 1. The lowest BCUT2D eigenvalue weighted by Gasteiger charge is -2.38. The lowest BCUT2D eigenvalue weighted by atomic mass is 9.89. The summed E-state index contributed by atoms with van der Waals surface area (Å²) < 4.78 is 7.25. The van der Waals surface area contributed by atoms with Crippen molar-refractivity contribution in [2.45, 2.75) is 70.2 Å². The normalized spacial score (nSPS) is 28.3. The van der Waals surface area contributed by atoms with Crippen LogP contribution in [0.3, 0.4) is 0 Å². The average Bonchev–Trinajstić information content (AvgIpc) is 2.74. The van der Waals surface area contributed by atoms with Gasteiger partial charge in [-0.05, 0) is 31.0 Å². The van der Waals surface area contributed by atoms with Crippen molar-refractivity contribution in [2.24, 2.45) is 5.92 Å². The minimum Gasteiger partial charge on any atom is -0.432 e. The Morgan fingerprint density at radius 2 is 2.00 bits per heavy atom. The highest BCUT2D eigenvalue weighted by Gasteiger charge is 2.49. The Labute approximate surface area is 142 Å². The molecule has 1 aromatic heterocycles. The summed E-state index contributed by atoms with van der Waals surface area (Å²) >= 11 is 0. The number of aliphatic hydroxyl groups is 1. The fraction of sp³-hybridized carbons (Fsp3) is 0.750. The van der Waals surface area contributed by atoms with Crippen molar-refractivity contribution in [1.29, 1.82) is 0 Å². The lowest BCUT2D eigenvalue weighted by molar-refractivity contribution is -0.0267. The summed E-state index contributed by atoms with van der Waals surface area (Å²) in [7, 11) is -2.48. The maximum absolute atomic E-state index is 12.1. The highest BCUT2D eigenvalue weighted by molar-refractivity contribution is 6.72. The molecular weight excluding hydrogens is 328 g/mol. The van der Waals surface area contributed by atoms with Gasteiger partial charge in [-0.25, -0.2) is 4.79 Å². The van der Waals surface area contributed by atoms with Gasteiger partial charge < -0.3 is 14.6 Å². The summed E-state index contributed by atoms with van der Waals surface area (Å²) in [5.74, 6) is -0.340. The predicted molar refractivity (Wildman–Crippen MR) is 93.4 cm³/mol. The van der Waals surface area contributed by atoms with Gasteiger partial charge in [-0.3, -0.25) is 14.3 Å². The van der Waals surface area contributed by atoms with Crippen molar-refractivity contribution in [1.82, 2.24) is 9.55 Å². The van der Waals surface area contributed by atoms with Gasteiger partial charge in [0.15, 0.2) is 8.32 Å². The summed E-state index contributed by atoms with van der Waals surface area (Å²) in [4.78, 5) is 36.2. The highest BCUT2D eigenvalue weighted by Crippen LogP contribution is 2.48. The van der Waals surface area contributed by atoms with E-state index in [0.717, 1.165) is 0 Å². The molecule has 0 aliphatic carbocycles. The van der Waals surface area contributed by atoms with Gasteiger partial charge in [-0.2, -0.15) is 0 Å². The lowest BCUT2D eigenvalue weighted by Crippen LogP contribution is -2.43. The number of hydrogen-bond donors (Lipinski definition) is 3. The number of aliphatic hydroxyl groups excluding tert-OH is 1. The van der Waals surface area contributed by atoms with Crippen LogP contribution < -0.4 is 11.2 Å². The van der Waals surface area contributed by atoms with Crippen molar-refractivity contribution >= 4 is 8.32 Å². The Bertz CT molecular complexity index is 691. The van der Waals surface area contributed by atoms with E-state index < -0.39 is 31.9 Å². The van der Waals surface area contributed by atoms with Gasteiger partial charge in [-0.15, -0.1) is 0 Å². The Morgan fingerprint density at radius 1 is 1.38 bits per heavy atom. The summed E-state index contributed by atoms with van der Waals surface area (Å²) in [5, 5.41) is 10.3. The SMILES string of the molecule is CC[C@H]1O[C@@H](n2ccc(=O)[nH]c2=O)C(CC(C)(C)[Si](C)(C)O)[C@H]1O. The number of aromatic amines is 1. The fourth-order valence-corrected chi connectivity index (χ4v) is 3.84. The first kappa shape index (κ1) is 19.1. The minimum absolute atomic E-state index is 0.340. The van der Waals surface area contributed by atoms with E-state index in [4.69, 9.17) is 4.74 Å². The van der Waals surface area contributed by atoms with Crippen molar-refractivity contribution in [2.75, 3.05) is 0 Å². The fourth-order valence-electron chi connectivity index (χ4n) is 3.10. The standard InChI is InChI=1S/C16H28N2O5Si/c1-6-11-13(20)10(9-16(2,3)24(4,5)22)14(23-11)18-8-7-12(19)17-15(18)21/h7-8,10-11,13-14,20,22H,6,9H2,1-5H3,(H,17,19,21)/t10?,11-,13-,14-/m1/s1. The van der Waals surface area contributed by atoms with E-state index >= 15 is 0 Å². The molecule has 4 atom stereocenters. The smallest absolute Gasteiger partial charge is 0.330 e. The van der Waals surface area contributed by atoms with Gasteiger partial charge in [0.1, 0.15) is 6.23 Å². The number of aromatic nitrogens is 2. The van der Waals surface area contributed by atoms with E-state index in [1.54, 1.807) is 0 Å². The van der Waals surface area contributed by atoms with Crippen LogP contribution in [-0.4, -0.2) is 40.0 Å². The first-order valence-electron chi connectivity index (χ1n) is 8.35. The zero-order chi connectivity index (χ0) is 18.3. The second kappa shape index (κ2) is 6.59. The molecule has 136 valence electrons. The highest BCUT2D eigenvalue weighted by atomic mass is 28.4. The maximum Gasteiger partial charge on any atom is 0.330 e. The van der Waals surface area contributed by atoms with Crippen LogP contribution in [-0.2, 0) is 4.74 Å². The molecule has 0 bridgehead atoms. The van der Waals surface area contributed by atoms with Crippen LogP contribution in [0.25, 0.3) is 0 Å². The average molecular weight is 356 g/mol. The van der Waals surface area contributed by atoms with Crippen LogP contribution in [0.1, 0.15) is 39.8 Å². The summed E-state index contributed by atoms with van der Waals surface area (Å²) in [6.07, 6.45) is 0.777. The zero-order valence-electron chi connectivity index (χ0n) is 14.9. The van der Waals surface area contributed by atoms with Crippen LogP contribution in [0.5, 0.6) is 0 Å². The molecule has 2 heterocycles. The molecule has 8 heteroatoms. The molecule has 24 heavy (non-hydrogen) atoms. The molecule has 7 nitrogen and oxygen atoms in total. The van der Waals surface area contributed by atoms with E-state index in [1.165, 1.54) is 16.8 Å². The monoisotopic (exact) mass is 356 g/mol. The topological polar surface area (TPSA) is 105 Å². The van der Waals surface area contributed by atoms with Crippen LogP contribution in [0, 0.1) is 5.92 Å². The largest absolute Gasteiger partial charge is 0.432 e. The number of rotatable bonds is 5. The third-order valence-corrected chi connectivity index (χ3v) is 8.95. The van der Waals surface area contributed by atoms with Gasteiger partial charge >= 0.3 is 5.69 Å². The van der Waals surface area contributed by atoms with Crippen LogP contribution in [0.15, 0.2) is 21.9 Å². The number of nitrogens with zero attached hydrogens (tertiary/aromatic N) is 1. The quantitative estimate of drug-likeness (QED) is 0.688. The van der Waals surface area contributed by atoms with Crippen molar-refractivity contribution < 1.29 is 14.6 Å². The van der Waals surface area contributed by atoms with E-state index in [1.807, 2.05) is 33.9 Å². The van der Waals surface area contributed by atoms with Gasteiger partial charge in [0.25, 0.3) is 5.56 Å². The Hall–Kier alpha value is -1.22. The van der Waals surface area contributed by atoms with Crippen molar-refractivity contribution in [3.8, 4) is 0 Å². The number of ether oxygens (including phenoxy) is 1. The second-order valence-corrected chi connectivity index (χ2v) is 12.3. The summed E-state index contributed by atoms with van der Waals surface area (Å²) in [6.45, 7) is 9.62. The van der Waals surface area contributed by atoms with Gasteiger partial charge in [-0.1, -0.05) is 20.8 Å². The van der Waals surface area contributed by atoms with Gasteiger partial charge in [0.2, 0.25) is 0 Å². The van der Waals surface area contributed by atoms with Crippen LogP contribution >= 0.6 is 0 Å². The second-order valence-electron chi connectivity index (χ2n) is 7.79. The molecule has 1 unspecified atom stereocenters. The molecule has 1 aliphatic heterocycles. The van der Waals surface area contributed by atoms with Crippen molar-refractivity contribution in [3.63, 3.8) is 0 Å². The van der Waals surface area contributed by atoms with E-state index in [-0.39, 0.29) is 17.1 Å². The van der Waals surface area contributed by atoms with Crippen LogP contribution in [0.4, 0.5) is 0 Å². The molecule has 3 N–H and O–H groups in total. The Morgan fingerprint density at radius 3 is 2.50 bits per heavy atom.